The smallest absolute Gasteiger partial charge is 0.286 e. The molecule has 2 aromatic rings. The maximum Gasteiger partial charge on any atom is 0.286 e. The highest BCUT2D eigenvalue weighted by Gasteiger charge is 2.43. The Bertz CT molecular complexity index is 1080. The number of hydrogen-bond donors (Lipinski definition) is 2. The van der Waals surface area contributed by atoms with Crippen LogP contribution in [0, 0.1) is 12.8 Å². The van der Waals surface area contributed by atoms with E-state index in [2.05, 4.69) is 20.8 Å². The number of Topliss-reactive ketones (excluding diaryl/α,β-unsaturated/α-hetero) is 1. The minimum Gasteiger partial charge on any atom is -0.408 e. The van der Waals surface area contributed by atoms with Crippen LogP contribution in [0.4, 0.5) is 0 Å². The molecule has 2 amide bonds. The van der Waals surface area contributed by atoms with Crippen molar-refractivity contribution in [1.82, 2.24) is 25.7 Å². The molecule has 37 heavy (non-hydrogen) atoms. The number of benzene rings is 1. The molecule has 3 rings (SSSR count). The first-order valence-electron chi connectivity index (χ1n) is 12.9. The van der Waals surface area contributed by atoms with Crippen LogP contribution in [0.1, 0.15) is 79.0 Å². The number of aryl methyl sites for hydroxylation is 1. The summed E-state index contributed by atoms with van der Waals surface area (Å²) in [6.45, 7) is 6.72. The molecule has 1 saturated carbocycles. The Morgan fingerprint density at radius 2 is 1.86 bits per heavy atom. The summed E-state index contributed by atoms with van der Waals surface area (Å²) in [6.07, 6.45) is 4.10. The largest absolute Gasteiger partial charge is 0.408 e. The molecule has 202 valence electrons. The Hall–Kier alpha value is -2.72. The molecule has 0 bridgehead atoms. The number of amides is 2. The van der Waals surface area contributed by atoms with Gasteiger partial charge in [-0.15, -0.1) is 10.2 Å². The van der Waals surface area contributed by atoms with Gasteiger partial charge in [-0.2, -0.15) is 0 Å². The third kappa shape index (κ3) is 8.13. The average Bonchev–Trinajstić information content (AvgIpc) is 3.32. The van der Waals surface area contributed by atoms with Crippen LogP contribution in [-0.2, 0) is 4.79 Å². The van der Waals surface area contributed by atoms with Crippen LogP contribution >= 0.6 is 11.8 Å². The van der Waals surface area contributed by atoms with Crippen LogP contribution in [0.5, 0.6) is 0 Å². The normalized spacial score (nSPS) is 16.0. The van der Waals surface area contributed by atoms with Crippen molar-refractivity contribution in [2.45, 2.75) is 76.1 Å². The van der Waals surface area contributed by atoms with E-state index in [9.17, 15) is 14.4 Å². The van der Waals surface area contributed by atoms with E-state index in [-0.39, 0.29) is 23.6 Å². The van der Waals surface area contributed by atoms with Crippen molar-refractivity contribution >= 4 is 29.4 Å². The lowest BCUT2D eigenvalue weighted by atomic mass is 9.80. The van der Waals surface area contributed by atoms with Gasteiger partial charge < -0.3 is 20.0 Å². The summed E-state index contributed by atoms with van der Waals surface area (Å²) < 4.78 is 5.63. The summed E-state index contributed by atoms with van der Waals surface area (Å²) in [5, 5.41) is 14.3. The zero-order valence-corrected chi connectivity index (χ0v) is 23.3. The van der Waals surface area contributed by atoms with Crippen LogP contribution in [0.2, 0.25) is 0 Å². The van der Waals surface area contributed by atoms with Gasteiger partial charge in [-0.3, -0.25) is 14.4 Å². The molecule has 0 spiro atoms. The van der Waals surface area contributed by atoms with Crippen molar-refractivity contribution in [2.75, 3.05) is 26.4 Å². The van der Waals surface area contributed by atoms with E-state index in [1.165, 1.54) is 11.8 Å². The first kappa shape index (κ1) is 28.8. The summed E-state index contributed by atoms with van der Waals surface area (Å²) in [5.74, 6) is -0.269. The topological polar surface area (TPSA) is 117 Å². The lowest BCUT2D eigenvalue weighted by molar-refractivity contribution is -0.129. The van der Waals surface area contributed by atoms with Crippen molar-refractivity contribution in [3.63, 3.8) is 0 Å². The van der Waals surface area contributed by atoms with Gasteiger partial charge in [-0.25, -0.2) is 0 Å². The second-order valence-electron chi connectivity index (χ2n) is 10.5. The lowest BCUT2D eigenvalue weighted by Gasteiger charge is -2.37. The Morgan fingerprint density at radius 3 is 2.51 bits per heavy atom. The van der Waals surface area contributed by atoms with E-state index in [1.54, 1.807) is 12.1 Å². The van der Waals surface area contributed by atoms with E-state index < -0.39 is 17.4 Å². The zero-order valence-electron chi connectivity index (χ0n) is 22.5. The molecule has 0 radical (unpaired) electrons. The fourth-order valence-electron chi connectivity index (χ4n) is 4.47. The summed E-state index contributed by atoms with van der Waals surface area (Å²) in [4.78, 5) is 42.3. The van der Waals surface area contributed by atoms with Crippen LogP contribution in [0.25, 0.3) is 0 Å². The molecule has 1 heterocycles. The van der Waals surface area contributed by atoms with Gasteiger partial charge in [0, 0.05) is 17.9 Å². The molecule has 1 aliphatic carbocycles. The second kappa shape index (κ2) is 13.2. The number of nitrogens with zero attached hydrogens (tertiary/aromatic N) is 3. The first-order chi connectivity index (χ1) is 17.6. The van der Waals surface area contributed by atoms with Crippen molar-refractivity contribution in [3.05, 3.63) is 41.3 Å². The van der Waals surface area contributed by atoms with Gasteiger partial charge >= 0.3 is 0 Å². The van der Waals surface area contributed by atoms with Crippen molar-refractivity contribution < 1.29 is 18.8 Å². The van der Waals surface area contributed by atoms with Crippen LogP contribution in [0.3, 0.4) is 0 Å². The summed E-state index contributed by atoms with van der Waals surface area (Å²) in [5.41, 5.74) is 0.408. The molecule has 0 aliphatic heterocycles. The van der Waals surface area contributed by atoms with E-state index in [0.29, 0.717) is 30.0 Å². The van der Waals surface area contributed by atoms with Gasteiger partial charge in [0.1, 0.15) is 5.54 Å². The van der Waals surface area contributed by atoms with Crippen LogP contribution in [-0.4, -0.2) is 70.7 Å². The van der Waals surface area contributed by atoms with Crippen LogP contribution < -0.4 is 10.6 Å². The molecule has 1 unspecified atom stereocenters. The van der Waals surface area contributed by atoms with E-state index in [0.717, 1.165) is 37.1 Å². The molecular formula is C27H39N5O4S. The molecule has 1 aromatic carbocycles. The molecule has 1 atom stereocenters. The Balaban J connectivity index is 1.76. The summed E-state index contributed by atoms with van der Waals surface area (Å²) >= 11 is 1.39. The highest BCUT2D eigenvalue weighted by molar-refractivity contribution is 7.99. The lowest BCUT2D eigenvalue weighted by Crippen LogP contribution is -2.62. The number of hydrogen-bond acceptors (Lipinski definition) is 8. The minimum absolute atomic E-state index is 0.111. The Morgan fingerprint density at radius 1 is 1.14 bits per heavy atom. The molecule has 2 N–H and O–H groups in total. The summed E-state index contributed by atoms with van der Waals surface area (Å²) in [6, 6.07) is 6.46. The van der Waals surface area contributed by atoms with E-state index >= 15 is 0 Å². The average molecular weight is 530 g/mol. The molecule has 10 heteroatoms. The number of aromatic nitrogens is 2. The number of thioether (sulfide) groups is 1. The van der Waals surface area contributed by atoms with Gasteiger partial charge in [0.2, 0.25) is 11.7 Å². The number of nitrogens with one attached hydrogen (secondary N) is 2. The first-order valence-corrected chi connectivity index (χ1v) is 13.9. The Kier molecular flexibility index (Phi) is 10.3. The molecule has 9 nitrogen and oxygen atoms in total. The van der Waals surface area contributed by atoms with Gasteiger partial charge in [-0.05, 0) is 58.3 Å². The van der Waals surface area contributed by atoms with E-state index in [4.69, 9.17) is 4.42 Å². The fraction of sp³-hybridized carbons (Fsp3) is 0.593. The van der Waals surface area contributed by atoms with Crippen LogP contribution in [0.15, 0.2) is 33.9 Å². The molecular weight excluding hydrogens is 490 g/mol. The summed E-state index contributed by atoms with van der Waals surface area (Å²) in [7, 11) is 3.95. The number of rotatable bonds is 12. The molecule has 1 fully saturated rings. The fourth-order valence-corrected chi connectivity index (χ4v) is 5.34. The molecule has 1 aliphatic rings. The van der Waals surface area contributed by atoms with E-state index in [1.807, 2.05) is 51.9 Å². The second-order valence-corrected chi connectivity index (χ2v) is 11.6. The van der Waals surface area contributed by atoms with Gasteiger partial charge in [0.05, 0.1) is 6.04 Å². The third-order valence-electron chi connectivity index (χ3n) is 6.49. The van der Waals surface area contributed by atoms with Crippen molar-refractivity contribution in [2.24, 2.45) is 5.92 Å². The number of ketones is 1. The highest BCUT2D eigenvalue weighted by Crippen LogP contribution is 2.30. The SMILES string of the molecule is Cc1cccc(C(=O)NC2(C(=O)NC(CC(C)C)C(=O)c3nnc(SCCN(C)C)o3)CCCCC2)c1. The van der Waals surface area contributed by atoms with Crippen molar-refractivity contribution in [1.29, 1.82) is 0 Å². The maximum atomic E-state index is 13.7. The quantitative estimate of drug-likeness (QED) is 0.314. The third-order valence-corrected chi connectivity index (χ3v) is 7.28. The van der Waals surface area contributed by atoms with Gasteiger partial charge in [-0.1, -0.05) is 62.6 Å². The monoisotopic (exact) mass is 529 g/mol. The van der Waals surface area contributed by atoms with Gasteiger partial charge in [0.25, 0.3) is 17.0 Å². The molecule has 1 aromatic heterocycles. The number of carbonyl (C=O) groups excluding carboxylic acids is 3. The number of carbonyl (C=O) groups is 3. The predicted molar refractivity (Wildman–Crippen MR) is 144 cm³/mol. The van der Waals surface area contributed by atoms with Gasteiger partial charge in [0.15, 0.2) is 0 Å². The zero-order chi connectivity index (χ0) is 27.0. The predicted octanol–water partition coefficient (Wildman–Crippen LogP) is 3.88. The maximum absolute atomic E-state index is 13.7. The highest BCUT2D eigenvalue weighted by atomic mass is 32.2. The standard InChI is InChI=1S/C27H39N5O4S/c1-18(2)16-21(22(33)24-30-31-26(36-24)37-15-14-32(4)5)28-25(35)27(12-7-6-8-13-27)29-23(34)20-11-9-10-19(3)17-20/h9-11,17-18,21H,6-8,12-16H2,1-5H3,(H,28,35)(H,29,34). The minimum atomic E-state index is -1.07. The molecule has 0 saturated heterocycles. The Labute approximate surface area is 223 Å². The van der Waals surface area contributed by atoms with Crippen molar-refractivity contribution in [3.8, 4) is 0 Å².